The third kappa shape index (κ3) is 2.58. The third-order valence-corrected chi connectivity index (χ3v) is 3.02. The molecule has 0 aliphatic heterocycles. The minimum absolute atomic E-state index is 0.112. The molecule has 1 atom stereocenters. The van der Waals surface area contributed by atoms with Gasteiger partial charge >= 0.3 is 0 Å². The highest BCUT2D eigenvalue weighted by Gasteiger charge is 2.20. The van der Waals surface area contributed by atoms with Gasteiger partial charge in [-0.05, 0) is 31.0 Å². The standard InChI is InChI=1S/C15H16FNO2/c1-9-7-10(2)14(17-8-9)15(18)11-5-4-6-12(19-3)13(11)16/h4-8,15,18H,1-3H3. The van der Waals surface area contributed by atoms with E-state index in [2.05, 4.69) is 4.98 Å². The van der Waals surface area contributed by atoms with Crippen LogP contribution < -0.4 is 4.74 Å². The molecule has 2 rings (SSSR count). The second-order valence-corrected chi connectivity index (χ2v) is 4.48. The fraction of sp³-hybridized carbons (Fsp3) is 0.267. The summed E-state index contributed by atoms with van der Waals surface area (Å²) in [6.07, 6.45) is 0.555. The zero-order valence-corrected chi connectivity index (χ0v) is 11.1. The molecule has 100 valence electrons. The first-order valence-corrected chi connectivity index (χ1v) is 5.98. The molecule has 0 fully saturated rings. The van der Waals surface area contributed by atoms with Gasteiger partial charge in [0.15, 0.2) is 11.6 Å². The van der Waals surface area contributed by atoms with Crippen molar-refractivity contribution in [2.45, 2.75) is 20.0 Å². The number of ether oxygens (including phenoxy) is 1. The lowest BCUT2D eigenvalue weighted by atomic mass is 10.0. The molecule has 0 bridgehead atoms. The van der Waals surface area contributed by atoms with Crippen LogP contribution in [0.5, 0.6) is 5.75 Å². The van der Waals surface area contributed by atoms with Gasteiger partial charge in [0.1, 0.15) is 6.10 Å². The van der Waals surface area contributed by atoms with Crippen LogP contribution in [0.1, 0.15) is 28.5 Å². The number of aromatic nitrogens is 1. The summed E-state index contributed by atoms with van der Waals surface area (Å²) in [4.78, 5) is 4.19. The minimum atomic E-state index is -1.10. The van der Waals surface area contributed by atoms with Gasteiger partial charge in [-0.2, -0.15) is 0 Å². The first-order valence-electron chi connectivity index (χ1n) is 5.98. The van der Waals surface area contributed by atoms with Crippen molar-refractivity contribution in [3.8, 4) is 5.75 Å². The Balaban J connectivity index is 2.47. The first kappa shape index (κ1) is 13.5. The van der Waals surface area contributed by atoms with Gasteiger partial charge in [0, 0.05) is 11.8 Å². The normalized spacial score (nSPS) is 12.3. The van der Waals surface area contributed by atoms with Gasteiger partial charge in [-0.1, -0.05) is 18.2 Å². The summed E-state index contributed by atoms with van der Waals surface area (Å²) in [5.41, 5.74) is 2.45. The Bertz CT molecular complexity index is 599. The average molecular weight is 261 g/mol. The van der Waals surface area contributed by atoms with Crippen LogP contribution >= 0.6 is 0 Å². The zero-order chi connectivity index (χ0) is 14.0. The molecule has 1 N–H and O–H groups in total. The van der Waals surface area contributed by atoms with Gasteiger partial charge in [-0.3, -0.25) is 4.98 Å². The van der Waals surface area contributed by atoms with E-state index < -0.39 is 11.9 Å². The van der Waals surface area contributed by atoms with E-state index in [4.69, 9.17) is 4.74 Å². The molecule has 1 aromatic heterocycles. The third-order valence-electron chi connectivity index (χ3n) is 3.02. The largest absolute Gasteiger partial charge is 0.494 e. The fourth-order valence-electron chi connectivity index (χ4n) is 2.06. The van der Waals surface area contributed by atoms with Gasteiger partial charge in [0.2, 0.25) is 0 Å². The summed E-state index contributed by atoms with van der Waals surface area (Å²) in [7, 11) is 1.39. The molecule has 1 unspecified atom stereocenters. The molecule has 1 heterocycles. The molecule has 19 heavy (non-hydrogen) atoms. The number of aryl methyl sites for hydroxylation is 2. The van der Waals surface area contributed by atoms with Crippen molar-refractivity contribution in [1.29, 1.82) is 0 Å². The maximum Gasteiger partial charge on any atom is 0.171 e. The monoisotopic (exact) mass is 261 g/mol. The quantitative estimate of drug-likeness (QED) is 0.923. The van der Waals surface area contributed by atoms with Crippen LogP contribution in [0.3, 0.4) is 0 Å². The Morgan fingerprint density at radius 3 is 2.68 bits per heavy atom. The van der Waals surface area contributed by atoms with Crippen molar-refractivity contribution in [2.75, 3.05) is 7.11 Å². The first-order chi connectivity index (χ1) is 9.04. The number of nitrogens with zero attached hydrogens (tertiary/aromatic N) is 1. The Kier molecular flexibility index (Phi) is 3.81. The number of hydrogen-bond acceptors (Lipinski definition) is 3. The van der Waals surface area contributed by atoms with E-state index >= 15 is 0 Å². The minimum Gasteiger partial charge on any atom is -0.494 e. The van der Waals surface area contributed by atoms with Crippen molar-refractivity contribution >= 4 is 0 Å². The Morgan fingerprint density at radius 2 is 2.05 bits per heavy atom. The molecule has 2 aromatic rings. The Labute approximate surface area is 111 Å². The molecule has 0 aliphatic carbocycles. The number of methoxy groups -OCH3 is 1. The lowest BCUT2D eigenvalue weighted by Crippen LogP contribution is -2.08. The molecule has 0 amide bonds. The average Bonchev–Trinajstić information content (AvgIpc) is 2.38. The highest BCUT2D eigenvalue weighted by atomic mass is 19.1. The number of benzene rings is 1. The molecular formula is C15H16FNO2. The van der Waals surface area contributed by atoms with Crippen LogP contribution in [0.15, 0.2) is 30.5 Å². The molecule has 0 radical (unpaired) electrons. The van der Waals surface area contributed by atoms with E-state index in [0.717, 1.165) is 11.1 Å². The highest BCUT2D eigenvalue weighted by molar-refractivity contribution is 5.37. The zero-order valence-electron chi connectivity index (χ0n) is 11.1. The van der Waals surface area contributed by atoms with E-state index in [1.807, 2.05) is 19.9 Å². The van der Waals surface area contributed by atoms with Crippen molar-refractivity contribution in [3.63, 3.8) is 0 Å². The van der Waals surface area contributed by atoms with E-state index in [-0.39, 0.29) is 11.3 Å². The summed E-state index contributed by atoms with van der Waals surface area (Å²) in [5, 5.41) is 10.3. The number of halogens is 1. The molecule has 4 heteroatoms. The van der Waals surface area contributed by atoms with E-state index in [1.54, 1.807) is 12.3 Å². The summed E-state index contributed by atoms with van der Waals surface area (Å²) in [6.45, 7) is 3.76. The van der Waals surface area contributed by atoms with Crippen molar-refractivity contribution in [3.05, 3.63) is 58.7 Å². The van der Waals surface area contributed by atoms with Crippen LogP contribution in [0.4, 0.5) is 4.39 Å². The van der Waals surface area contributed by atoms with Crippen molar-refractivity contribution in [2.24, 2.45) is 0 Å². The van der Waals surface area contributed by atoms with Crippen LogP contribution in [-0.2, 0) is 0 Å². The van der Waals surface area contributed by atoms with E-state index in [1.165, 1.54) is 19.2 Å². The molecule has 0 saturated carbocycles. The maximum absolute atomic E-state index is 14.1. The van der Waals surface area contributed by atoms with E-state index in [0.29, 0.717) is 5.69 Å². The second-order valence-electron chi connectivity index (χ2n) is 4.48. The topological polar surface area (TPSA) is 42.4 Å². The van der Waals surface area contributed by atoms with Crippen LogP contribution in [0, 0.1) is 19.7 Å². The SMILES string of the molecule is COc1cccc(C(O)c2ncc(C)cc2C)c1F. The van der Waals surface area contributed by atoms with Crippen molar-refractivity contribution in [1.82, 2.24) is 4.98 Å². The van der Waals surface area contributed by atoms with Gasteiger partial charge in [0.05, 0.1) is 12.8 Å². The Hall–Kier alpha value is -1.94. The van der Waals surface area contributed by atoms with Crippen LogP contribution in [-0.4, -0.2) is 17.2 Å². The number of hydrogen-bond donors (Lipinski definition) is 1. The number of rotatable bonds is 3. The second kappa shape index (κ2) is 5.36. The number of aliphatic hydroxyl groups excluding tert-OH is 1. The highest BCUT2D eigenvalue weighted by Crippen LogP contribution is 2.29. The summed E-state index contributed by atoms with van der Waals surface area (Å²) in [6, 6.07) is 6.60. The molecule has 1 aromatic carbocycles. The number of pyridine rings is 1. The smallest absolute Gasteiger partial charge is 0.171 e. The number of aliphatic hydroxyl groups is 1. The summed E-state index contributed by atoms with van der Waals surface area (Å²) in [5.74, 6) is -0.444. The molecule has 0 aliphatic rings. The predicted octanol–water partition coefficient (Wildman–Crippen LogP) is 2.93. The summed E-state index contributed by atoms with van der Waals surface area (Å²) >= 11 is 0. The van der Waals surface area contributed by atoms with Gasteiger partial charge < -0.3 is 9.84 Å². The van der Waals surface area contributed by atoms with Crippen LogP contribution in [0.25, 0.3) is 0 Å². The molecule has 0 saturated heterocycles. The van der Waals surface area contributed by atoms with Gasteiger partial charge in [0.25, 0.3) is 0 Å². The lowest BCUT2D eigenvalue weighted by Gasteiger charge is -2.15. The molecular weight excluding hydrogens is 245 g/mol. The van der Waals surface area contributed by atoms with Crippen molar-refractivity contribution < 1.29 is 14.2 Å². The van der Waals surface area contributed by atoms with Gasteiger partial charge in [-0.25, -0.2) is 4.39 Å². The molecule has 0 spiro atoms. The summed E-state index contributed by atoms with van der Waals surface area (Å²) < 4.78 is 19.0. The van der Waals surface area contributed by atoms with E-state index in [9.17, 15) is 9.50 Å². The predicted molar refractivity (Wildman–Crippen MR) is 70.7 cm³/mol. The molecule has 3 nitrogen and oxygen atoms in total. The Morgan fingerprint density at radius 1 is 1.32 bits per heavy atom. The maximum atomic E-state index is 14.1. The fourth-order valence-corrected chi connectivity index (χ4v) is 2.06. The lowest BCUT2D eigenvalue weighted by molar-refractivity contribution is 0.207. The van der Waals surface area contributed by atoms with Gasteiger partial charge in [-0.15, -0.1) is 0 Å². The van der Waals surface area contributed by atoms with Crippen LogP contribution in [0.2, 0.25) is 0 Å².